The minimum atomic E-state index is -4.00. The summed E-state index contributed by atoms with van der Waals surface area (Å²) in [7, 11) is -4.00. The predicted octanol–water partition coefficient (Wildman–Crippen LogP) is 2.72. The molecule has 0 amide bonds. The van der Waals surface area contributed by atoms with Crippen LogP contribution in [0.4, 0.5) is 17.1 Å². The summed E-state index contributed by atoms with van der Waals surface area (Å²) in [5, 5.41) is 21.5. The van der Waals surface area contributed by atoms with Crippen LogP contribution >= 0.6 is 0 Å². The Morgan fingerprint density at radius 2 is 1.54 bits per heavy atom. The van der Waals surface area contributed by atoms with E-state index in [1.54, 1.807) is 6.92 Å². The molecule has 10 heteroatoms. The summed E-state index contributed by atoms with van der Waals surface area (Å²) in [5.74, 6) is 0. The summed E-state index contributed by atoms with van der Waals surface area (Å²) in [6, 6.07) is 9.70. The zero-order valence-electron chi connectivity index (χ0n) is 12.5. The molecule has 0 atom stereocenters. The van der Waals surface area contributed by atoms with Crippen LogP contribution in [0.5, 0.6) is 0 Å². The van der Waals surface area contributed by atoms with Gasteiger partial charge in [-0.2, -0.15) is 0 Å². The first-order chi connectivity index (χ1) is 11.3. The Kier molecular flexibility index (Phi) is 4.79. The number of nitro groups is 2. The van der Waals surface area contributed by atoms with Crippen LogP contribution in [0.3, 0.4) is 0 Å². The molecule has 0 spiro atoms. The van der Waals surface area contributed by atoms with Crippen molar-refractivity contribution in [3.63, 3.8) is 0 Å². The molecule has 0 heterocycles. The van der Waals surface area contributed by atoms with Gasteiger partial charge in [0.2, 0.25) is 0 Å². The molecule has 2 aromatic carbocycles. The average Bonchev–Trinajstić information content (AvgIpc) is 2.55. The van der Waals surface area contributed by atoms with Crippen molar-refractivity contribution >= 4 is 27.1 Å². The second-order valence-corrected chi connectivity index (χ2v) is 6.56. The van der Waals surface area contributed by atoms with E-state index in [0.29, 0.717) is 0 Å². The minimum absolute atomic E-state index is 0.0422. The minimum Gasteiger partial charge on any atom is -0.266 e. The van der Waals surface area contributed by atoms with Crippen LogP contribution in [0.2, 0.25) is 0 Å². The number of benzene rings is 2. The third kappa shape index (κ3) is 3.33. The van der Waals surface area contributed by atoms with Crippen LogP contribution in [-0.4, -0.2) is 24.8 Å². The van der Waals surface area contributed by atoms with Crippen LogP contribution in [-0.2, 0) is 10.0 Å². The highest BCUT2D eigenvalue weighted by atomic mass is 32.2. The molecule has 2 aromatic rings. The Morgan fingerprint density at radius 1 is 0.958 bits per heavy atom. The van der Waals surface area contributed by atoms with E-state index in [0.717, 1.165) is 34.6 Å². The Balaban J connectivity index is 2.46. The maximum atomic E-state index is 12.7. The van der Waals surface area contributed by atoms with Gasteiger partial charge in [-0.15, -0.1) is 0 Å². The second kappa shape index (κ2) is 6.62. The molecule has 0 aromatic heterocycles. The Labute approximate surface area is 137 Å². The van der Waals surface area contributed by atoms with E-state index in [1.807, 2.05) is 0 Å². The summed E-state index contributed by atoms with van der Waals surface area (Å²) in [4.78, 5) is 20.1. The van der Waals surface area contributed by atoms with Crippen LogP contribution in [0, 0.1) is 20.2 Å². The fraction of sp³-hybridized carbons (Fsp3) is 0.143. The van der Waals surface area contributed by atoms with Crippen molar-refractivity contribution in [3.8, 4) is 0 Å². The van der Waals surface area contributed by atoms with Gasteiger partial charge in [0.25, 0.3) is 21.4 Å². The maximum Gasteiger partial charge on any atom is 0.271 e. The number of hydrogen-bond donors (Lipinski definition) is 0. The first-order valence-corrected chi connectivity index (χ1v) is 8.23. The topological polar surface area (TPSA) is 124 Å². The molecule has 0 fully saturated rings. The molecule has 0 N–H and O–H groups in total. The van der Waals surface area contributed by atoms with Gasteiger partial charge >= 0.3 is 0 Å². The van der Waals surface area contributed by atoms with E-state index in [2.05, 4.69) is 0 Å². The number of anilines is 1. The van der Waals surface area contributed by atoms with Gasteiger partial charge in [0.15, 0.2) is 0 Å². The zero-order valence-corrected chi connectivity index (χ0v) is 13.3. The molecule has 2 rings (SSSR count). The lowest BCUT2D eigenvalue weighted by Crippen LogP contribution is -2.30. The highest BCUT2D eigenvalue weighted by Gasteiger charge is 2.25. The smallest absolute Gasteiger partial charge is 0.266 e. The van der Waals surface area contributed by atoms with Gasteiger partial charge < -0.3 is 0 Å². The highest BCUT2D eigenvalue weighted by molar-refractivity contribution is 7.92. The van der Waals surface area contributed by atoms with E-state index in [9.17, 15) is 28.6 Å². The molecule has 0 saturated heterocycles. The molecule has 0 bridgehead atoms. The zero-order chi connectivity index (χ0) is 17.9. The van der Waals surface area contributed by atoms with Gasteiger partial charge in [-0.05, 0) is 25.1 Å². The van der Waals surface area contributed by atoms with Gasteiger partial charge in [0.05, 0.1) is 20.4 Å². The van der Waals surface area contributed by atoms with Crippen molar-refractivity contribution in [2.24, 2.45) is 0 Å². The maximum absolute atomic E-state index is 12.7. The van der Waals surface area contributed by atoms with Gasteiger partial charge in [-0.25, -0.2) is 8.42 Å². The van der Waals surface area contributed by atoms with E-state index in [-0.39, 0.29) is 28.5 Å². The van der Waals surface area contributed by atoms with Gasteiger partial charge in [-0.3, -0.25) is 24.5 Å². The largest absolute Gasteiger partial charge is 0.271 e. The van der Waals surface area contributed by atoms with E-state index in [1.165, 1.54) is 18.2 Å². The Hall–Kier alpha value is -3.01. The van der Waals surface area contributed by atoms with Crippen LogP contribution < -0.4 is 4.31 Å². The molecule has 9 nitrogen and oxygen atoms in total. The van der Waals surface area contributed by atoms with Crippen molar-refractivity contribution in [2.75, 3.05) is 10.8 Å². The Bertz CT molecular complexity index is 880. The summed E-state index contributed by atoms with van der Waals surface area (Å²) in [5.41, 5.74) is -0.317. The average molecular weight is 351 g/mol. The molecule has 126 valence electrons. The van der Waals surface area contributed by atoms with E-state index < -0.39 is 19.9 Å². The summed E-state index contributed by atoms with van der Waals surface area (Å²) in [6.45, 7) is 1.63. The molecule has 0 unspecified atom stereocenters. The first-order valence-electron chi connectivity index (χ1n) is 6.79. The molecule has 0 radical (unpaired) electrons. The monoisotopic (exact) mass is 351 g/mol. The molecule has 24 heavy (non-hydrogen) atoms. The first kappa shape index (κ1) is 17.3. The van der Waals surface area contributed by atoms with Gasteiger partial charge in [0, 0.05) is 30.8 Å². The number of hydrogen-bond acceptors (Lipinski definition) is 6. The lowest BCUT2D eigenvalue weighted by Gasteiger charge is -2.22. The SMILES string of the molecule is CCN(c1cccc([N+](=O)[O-])c1)S(=O)(=O)c1ccc([N+](=O)[O-])cc1. The highest BCUT2D eigenvalue weighted by Crippen LogP contribution is 2.27. The van der Waals surface area contributed by atoms with Crippen molar-refractivity contribution in [3.05, 3.63) is 68.8 Å². The van der Waals surface area contributed by atoms with Crippen LogP contribution in [0.25, 0.3) is 0 Å². The number of rotatable bonds is 6. The third-order valence-corrected chi connectivity index (χ3v) is 5.17. The Morgan fingerprint density at radius 3 is 2.04 bits per heavy atom. The summed E-state index contributed by atoms with van der Waals surface area (Å²) in [6.07, 6.45) is 0. The molecular weight excluding hydrogens is 338 g/mol. The fourth-order valence-corrected chi connectivity index (χ4v) is 3.59. The third-order valence-electron chi connectivity index (χ3n) is 3.25. The molecule has 0 aliphatic heterocycles. The summed E-state index contributed by atoms with van der Waals surface area (Å²) >= 11 is 0. The van der Waals surface area contributed by atoms with E-state index >= 15 is 0 Å². The standard InChI is InChI=1S/C14H13N3O6S/c1-2-15(12-4-3-5-13(10-12)17(20)21)24(22,23)14-8-6-11(7-9-14)16(18)19/h3-10H,2H2,1H3. The number of nitrogens with zero attached hydrogens (tertiary/aromatic N) is 3. The van der Waals surface area contributed by atoms with Crippen molar-refractivity contribution in [2.45, 2.75) is 11.8 Å². The summed E-state index contributed by atoms with van der Waals surface area (Å²) < 4.78 is 26.4. The molecule has 0 saturated carbocycles. The predicted molar refractivity (Wildman–Crippen MR) is 86.4 cm³/mol. The van der Waals surface area contributed by atoms with Crippen LogP contribution in [0.15, 0.2) is 53.4 Å². The van der Waals surface area contributed by atoms with Crippen molar-refractivity contribution in [1.82, 2.24) is 0 Å². The molecular formula is C14H13N3O6S. The van der Waals surface area contributed by atoms with Crippen molar-refractivity contribution in [1.29, 1.82) is 0 Å². The second-order valence-electron chi connectivity index (χ2n) is 4.70. The lowest BCUT2D eigenvalue weighted by molar-refractivity contribution is -0.385. The van der Waals surface area contributed by atoms with Gasteiger partial charge in [0.1, 0.15) is 0 Å². The fourth-order valence-electron chi connectivity index (χ4n) is 2.12. The van der Waals surface area contributed by atoms with Crippen LogP contribution in [0.1, 0.15) is 6.92 Å². The normalized spacial score (nSPS) is 11.0. The lowest BCUT2D eigenvalue weighted by atomic mass is 10.3. The number of non-ortho nitro benzene ring substituents is 2. The quantitative estimate of drug-likeness (QED) is 0.582. The number of nitro benzene ring substituents is 2. The van der Waals surface area contributed by atoms with E-state index in [4.69, 9.17) is 0 Å². The van der Waals surface area contributed by atoms with Crippen molar-refractivity contribution < 1.29 is 18.3 Å². The van der Waals surface area contributed by atoms with Gasteiger partial charge in [-0.1, -0.05) is 6.07 Å². The number of sulfonamides is 1. The molecule has 0 aliphatic rings. The molecule has 0 aliphatic carbocycles.